The first-order valence-corrected chi connectivity index (χ1v) is 7.02. The number of hydrogen-bond acceptors (Lipinski definition) is 2. The third-order valence-electron chi connectivity index (χ3n) is 3.19. The molecule has 1 heterocycles. The lowest BCUT2D eigenvalue weighted by molar-refractivity contribution is 0.102. The van der Waals surface area contributed by atoms with Gasteiger partial charge >= 0.3 is 0 Å². The van der Waals surface area contributed by atoms with Crippen molar-refractivity contribution in [3.63, 3.8) is 0 Å². The summed E-state index contributed by atoms with van der Waals surface area (Å²) in [5.41, 5.74) is 3.59. The van der Waals surface area contributed by atoms with Gasteiger partial charge in [-0.15, -0.1) is 0 Å². The van der Waals surface area contributed by atoms with Crippen LogP contribution in [0.5, 0.6) is 0 Å². The van der Waals surface area contributed by atoms with E-state index >= 15 is 0 Å². The van der Waals surface area contributed by atoms with Gasteiger partial charge < -0.3 is 5.32 Å². The standard InChI is InChI=1S/C17H20N2O/c1-3-4-5-14-8-11-16(18-12-14)17(20)19-15-9-6-13(2)7-10-15/h6-12H,3-5H2,1-2H3,(H,19,20). The van der Waals surface area contributed by atoms with Gasteiger partial charge in [-0.25, -0.2) is 0 Å². The van der Waals surface area contributed by atoms with Crippen LogP contribution in [0.15, 0.2) is 42.6 Å². The van der Waals surface area contributed by atoms with E-state index in [2.05, 4.69) is 17.2 Å². The minimum absolute atomic E-state index is 0.170. The molecule has 0 spiro atoms. The first kappa shape index (κ1) is 14.3. The Bertz CT molecular complexity index is 559. The molecule has 0 radical (unpaired) electrons. The van der Waals surface area contributed by atoms with Gasteiger partial charge in [0.1, 0.15) is 5.69 Å². The minimum atomic E-state index is -0.170. The van der Waals surface area contributed by atoms with Crippen LogP contribution < -0.4 is 5.32 Å². The highest BCUT2D eigenvalue weighted by atomic mass is 16.1. The van der Waals surface area contributed by atoms with E-state index in [4.69, 9.17) is 0 Å². The lowest BCUT2D eigenvalue weighted by Crippen LogP contribution is -2.13. The molecule has 1 aromatic heterocycles. The van der Waals surface area contributed by atoms with Crippen molar-refractivity contribution in [2.24, 2.45) is 0 Å². The lowest BCUT2D eigenvalue weighted by Gasteiger charge is -2.06. The van der Waals surface area contributed by atoms with E-state index in [9.17, 15) is 4.79 Å². The molecule has 104 valence electrons. The maximum absolute atomic E-state index is 12.1. The van der Waals surface area contributed by atoms with Crippen LogP contribution >= 0.6 is 0 Å². The van der Waals surface area contributed by atoms with Gasteiger partial charge in [-0.1, -0.05) is 37.1 Å². The molecule has 1 amide bonds. The van der Waals surface area contributed by atoms with Crippen LogP contribution in [-0.4, -0.2) is 10.9 Å². The summed E-state index contributed by atoms with van der Waals surface area (Å²) in [6, 6.07) is 11.5. The van der Waals surface area contributed by atoms with E-state index in [0.717, 1.165) is 24.9 Å². The van der Waals surface area contributed by atoms with Gasteiger partial charge in [-0.2, -0.15) is 0 Å². The largest absolute Gasteiger partial charge is 0.321 e. The van der Waals surface area contributed by atoms with Crippen molar-refractivity contribution in [1.82, 2.24) is 4.98 Å². The zero-order valence-corrected chi connectivity index (χ0v) is 12.0. The zero-order valence-electron chi connectivity index (χ0n) is 12.0. The predicted octanol–water partition coefficient (Wildman–Crippen LogP) is 3.98. The van der Waals surface area contributed by atoms with E-state index in [1.54, 1.807) is 12.3 Å². The molecule has 1 N–H and O–H groups in total. The summed E-state index contributed by atoms with van der Waals surface area (Å²) in [4.78, 5) is 16.3. The summed E-state index contributed by atoms with van der Waals surface area (Å²) < 4.78 is 0. The van der Waals surface area contributed by atoms with Crippen LogP contribution in [0.3, 0.4) is 0 Å². The number of aryl methyl sites for hydroxylation is 2. The normalized spacial score (nSPS) is 10.3. The number of nitrogens with zero attached hydrogens (tertiary/aromatic N) is 1. The van der Waals surface area contributed by atoms with E-state index in [-0.39, 0.29) is 5.91 Å². The van der Waals surface area contributed by atoms with E-state index < -0.39 is 0 Å². The quantitative estimate of drug-likeness (QED) is 0.891. The van der Waals surface area contributed by atoms with Crippen molar-refractivity contribution in [2.75, 3.05) is 5.32 Å². The molecule has 2 rings (SSSR count). The third kappa shape index (κ3) is 3.92. The highest BCUT2D eigenvalue weighted by molar-refractivity contribution is 6.02. The smallest absolute Gasteiger partial charge is 0.274 e. The summed E-state index contributed by atoms with van der Waals surface area (Å²) in [6.45, 7) is 4.18. The van der Waals surface area contributed by atoms with E-state index in [1.165, 1.54) is 11.1 Å². The number of anilines is 1. The number of pyridine rings is 1. The van der Waals surface area contributed by atoms with Gasteiger partial charge in [0.05, 0.1) is 0 Å². The van der Waals surface area contributed by atoms with Crippen molar-refractivity contribution in [2.45, 2.75) is 33.1 Å². The molecule has 0 aliphatic heterocycles. The minimum Gasteiger partial charge on any atom is -0.321 e. The van der Waals surface area contributed by atoms with Crippen LogP contribution in [0.4, 0.5) is 5.69 Å². The number of hydrogen-bond donors (Lipinski definition) is 1. The van der Waals surface area contributed by atoms with Crippen LogP contribution in [0, 0.1) is 6.92 Å². The monoisotopic (exact) mass is 268 g/mol. The average Bonchev–Trinajstić information content (AvgIpc) is 2.48. The Morgan fingerprint density at radius 1 is 1.15 bits per heavy atom. The van der Waals surface area contributed by atoms with Crippen LogP contribution in [-0.2, 0) is 6.42 Å². The van der Waals surface area contributed by atoms with Crippen molar-refractivity contribution >= 4 is 11.6 Å². The van der Waals surface area contributed by atoms with Gasteiger partial charge in [0, 0.05) is 11.9 Å². The molecule has 0 atom stereocenters. The summed E-state index contributed by atoms with van der Waals surface area (Å²) in [5, 5.41) is 2.85. The number of benzene rings is 1. The Hall–Kier alpha value is -2.16. The second-order valence-corrected chi connectivity index (χ2v) is 4.98. The topological polar surface area (TPSA) is 42.0 Å². The van der Waals surface area contributed by atoms with E-state index in [0.29, 0.717) is 5.69 Å². The molecule has 3 nitrogen and oxygen atoms in total. The number of unbranched alkanes of at least 4 members (excludes halogenated alkanes) is 1. The predicted molar refractivity (Wildman–Crippen MR) is 82.0 cm³/mol. The molecule has 0 aliphatic carbocycles. The first-order chi connectivity index (χ1) is 9.69. The second-order valence-electron chi connectivity index (χ2n) is 4.98. The van der Waals surface area contributed by atoms with Crippen LogP contribution in [0.2, 0.25) is 0 Å². The van der Waals surface area contributed by atoms with Crippen LogP contribution in [0.1, 0.15) is 41.4 Å². The zero-order chi connectivity index (χ0) is 14.4. The maximum Gasteiger partial charge on any atom is 0.274 e. The number of amides is 1. The molecule has 0 aliphatic rings. The van der Waals surface area contributed by atoms with Crippen molar-refractivity contribution in [3.8, 4) is 0 Å². The van der Waals surface area contributed by atoms with Gasteiger partial charge in [-0.05, 0) is 43.5 Å². The molecular weight excluding hydrogens is 248 g/mol. The number of carbonyl (C=O) groups excluding carboxylic acids is 1. The Morgan fingerprint density at radius 2 is 1.90 bits per heavy atom. The Morgan fingerprint density at radius 3 is 2.50 bits per heavy atom. The molecule has 20 heavy (non-hydrogen) atoms. The third-order valence-corrected chi connectivity index (χ3v) is 3.19. The molecule has 0 fully saturated rings. The molecular formula is C17H20N2O. The summed E-state index contributed by atoms with van der Waals surface area (Å²) in [6.07, 6.45) is 5.12. The van der Waals surface area contributed by atoms with Crippen molar-refractivity contribution in [3.05, 3.63) is 59.4 Å². The Labute approximate surface area is 120 Å². The molecule has 0 saturated heterocycles. The van der Waals surface area contributed by atoms with Gasteiger partial charge in [0.2, 0.25) is 0 Å². The fourth-order valence-corrected chi connectivity index (χ4v) is 1.92. The fraction of sp³-hybridized carbons (Fsp3) is 0.294. The molecule has 0 bridgehead atoms. The molecule has 1 aromatic carbocycles. The summed E-state index contributed by atoms with van der Waals surface area (Å²) in [7, 11) is 0. The molecule has 0 unspecified atom stereocenters. The molecule has 2 aromatic rings. The molecule has 3 heteroatoms. The number of carbonyl (C=O) groups is 1. The average molecular weight is 268 g/mol. The van der Waals surface area contributed by atoms with Crippen LogP contribution in [0.25, 0.3) is 0 Å². The SMILES string of the molecule is CCCCc1ccc(C(=O)Nc2ccc(C)cc2)nc1. The lowest BCUT2D eigenvalue weighted by atomic mass is 10.1. The fourth-order valence-electron chi connectivity index (χ4n) is 1.92. The molecule has 0 saturated carbocycles. The van der Waals surface area contributed by atoms with Gasteiger partial charge in [0.15, 0.2) is 0 Å². The first-order valence-electron chi connectivity index (χ1n) is 7.02. The Balaban J connectivity index is 2.00. The highest BCUT2D eigenvalue weighted by Crippen LogP contribution is 2.11. The Kier molecular flexibility index (Phi) is 4.88. The highest BCUT2D eigenvalue weighted by Gasteiger charge is 2.07. The number of aromatic nitrogens is 1. The maximum atomic E-state index is 12.1. The number of rotatable bonds is 5. The summed E-state index contributed by atoms with van der Waals surface area (Å²) in [5.74, 6) is -0.170. The van der Waals surface area contributed by atoms with Gasteiger partial charge in [-0.3, -0.25) is 9.78 Å². The second kappa shape index (κ2) is 6.85. The van der Waals surface area contributed by atoms with Crippen molar-refractivity contribution in [1.29, 1.82) is 0 Å². The van der Waals surface area contributed by atoms with Crippen molar-refractivity contribution < 1.29 is 4.79 Å². The van der Waals surface area contributed by atoms with Gasteiger partial charge in [0.25, 0.3) is 5.91 Å². The van der Waals surface area contributed by atoms with E-state index in [1.807, 2.05) is 37.3 Å². The summed E-state index contributed by atoms with van der Waals surface area (Å²) >= 11 is 0. The number of nitrogens with one attached hydrogen (secondary N) is 1.